The minimum Gasteiger partial charge on any atom is -0.381 e. The maximum atomic E-state index is 12.0. The van der Waals surface area contributed by atoms with E-state index in [1.165, 1.54) is 5.56 Å². The molecule has 1 aliphatic carbocycles. The first-order chi connectivity index (χ1) is 11.2. The van der Waals surface area contributed by atoms with Gasteiger partial charge in [0.2, 0.25) is 0 Å². The summed E-state index contributed by atoms with van der Waals surface area (Å²) >= 11 is 0. The monoisotopic (exact) mass is 317 g/mol. The second-order valence-corrected chi connectivity index (χ2v) is 6.77. The van der Waals surface area contributed by atoms with E-state index in [1.54, 1.807) is 0 Å². The van der Waals surface area contributed by atoms with Gasteiger partial charge in [-0.3, -0.25) is 0 Å². The summed E-state index contributed by atoms with van der Waals surface area (Å²) in [6.45, 7) is 4.28. The van der Waals surface area contributed by atoms with Gasteiger partial charge in [-0.2, -0.15) is 0 Å². The quantitative estimate of drug-likeness (QED) is 0.755. The van der Waals surface area contributed by atoms with Crippen molar-refractivity contribution in [3.63, 3.8) is 0 Å². The van der Waals surface area contributed by atoms with Crippen LogP contribution in [0.3, 0.4) is 0 Å². The highest BCUT2D eigenvalue weighted by atomic mass is 16.5. The van der Waals surface area contributed by atoms with Crippen molar-refractivity contribution >= 4 is 6.03 Å². The molecule has 1 aromatic rings. The molecule has 0 unspecified atom stereocenters. The van der Waals surface area contributed by atoms with Crippen LogP contribution in [0.2, 0.25) is 0 Å². The summed E-state index contributed by atoms with van der Waals surface area (Å²) in [5, 5.41) is 9.79. The summed E-state index contributed by atoms with van der Waals surface area (Å²) in [5.74, 6) is 0. The van der Waals surface area contributed by atoms with Crippen molar-refractivity contribution in [2.45, 2.75) is 50.2 Å². The van der Waals surface area contributed by atoms with Crippen LogP contribution in [0.25, 0.3) is 0 Å². The van der Waals surface area contributed by atoms with Crippen LogP contribution >= 0.6 is 0 Å². The molecule has 0 spiro atoms. The minimum absolute atomic E-state index is 0.0486. The molecule has 3 rings (SSSR count). The van der Waals surface area contributed by atoms with Gasteiger partial charge in [-0.1, -0.05) is 30.3 Å². The average molecular weight is 317 g/mol. The third kappa shape index (κ3) is 4.69. The Hall–Kier alpha value is -1.59. The molecule has 5 nitrogen and oxygen atoms in total. The number of benzene rings is 1. The first-order valence-corrected chi connectivity index (χ1v) is 8.62. The molecule has 0 aromatic heterocycles. The third-order valence-electron chi connectivity index (χ3n) is 4.77. The zero-order valence-electron chi connectivity index (χ0n) is 13.8. The average Bonchev–Trinajstić information content (AvgIpc) is 3.39. The zero-order valence-corrected chi connectivity index (χ0v) is 13.8. The van der Waals surface area contributed by atoms with Crippen LogP contribution in [0.1, 0.15) is 44.2 Å². The Morgan fingerprint density at radius 3 is 2.61 bits per heavy atom. The van der Waals surface area contributed by atoms with Crippen molar-refractivity contribution in [1.82, 2.24) is 16.0 Å². The van der Waals surface area contributed by atoms with Crippen LogP contribution in [0, 0.1) is 0 Å². The van der Waals surface area contributed by atoms with Crippen LogP contribution in [-0.4, -0.2) is 37.4 Å². The summed E-state index contributed by atoms with van der Waals surface area (Å²) in [5.41, 5.74) is 1.16. The second-order valence-electron chi connectivity index (χ2n) is 6.77. The van der Waals surface area contributed by atoms with Crippen LogP contribution in [0.5, 0.6) is 0 Å². The summed E-state index contributed by atoms with van der Waals surface area (Å²) in [7, 11) is 0. The lowest BCUT2D eigenvalue weighted by Crippen LogP contribution is -2.58. The number of carbonyl (C=O) groups excluding carboxylic acids is 1. The fourth-order valence-electron chi connectivity index (χ4n) is 3.13. The van der Waals surface area contributed by atoms with E-state index in [2.05, 4.69) is 47.1 Å². The fourth-order valence-corrected chi connectivity index (χ4v) is 3.13. The highest BCUT2D eigenvalue weighted by molar-refractivity contribution is 5.74. The second kappa shape index (κ2) is 7.32. The van der Waals surface area contributed by atoms with Gasteiger partial charge in [-0.05, 0) is 38.2 Å². The van der Waals surface area contributed by atoms with Crippen LogP contribution in [0.4, 0.5) is 4.79 Å². The maximum absolute atomic E-state index is 12.0. The number of hydrogen-bond donors (Lipinski definition) is 3. The van der Waals surface area contributed by atoms with Gasteiger partial charge in [0.15, 0.2) is 0 Å². The first kappa shape index (κ1) is 16.3. The van der Waals surface area contributed by atoms with Gasteiger partial charge in [-0.25, -0.2) is 4.79 Å². The molecule has 1 saturated carbocycles. The molecule has 1 heterocycles. The van der Waals surface area contributed by atoms with Crippen molar-refractivity contribution in [2.75, 3.05) is 19.8 Å². The van der Waals surface area contributed by atoms with Gasteiger partial charge < -0.3 is 20.7 Å². The molecule has 3 N–H and O–H groups in total. The molecular weight excluding hydrogens is 290 g/mol. The molecule has 1 aliphatic heterocycles. The predicted molar refractivity (Wildman–Crippen MR) is 90.3 cm³/mol. The van der Waals surface area contributed by atoms with E-state index in [1.807, 2.05) is 6.07 Å². The predicted octanol–water partition coefficient (Wildman–Crippen LogP) is 2.35. The summed E-state index contributed by atoms with van der Waals surface area (Å²) in [4.78, 5) is 12.0. The number of carbonyl (C=O) groups is 1. The molecule has 0 radical (unpaired) electrons. The van der Waals surface area contributed by atoms with E-state index in [0.717, 1.165) is 38.9 Å². The first-order valence-electron chi connectivity index (χ1n) is 8.62. The molecule has 1 saturated heterocycles. The van der Waals surface area contributed by atoms with E-state index < -0.39 is 0 Å². The number of rotatable bonds is 6. The zero-order chi connectivity index (χ0) is 16.1. The van der Waals surface area contributed by atoms with Crippen LogP contribution in [0.15, 0.2) is 30.3 Å². The molecule has 2 aliphatic rings. The van der Waals surface area contributed by atoms with E-state index in [0.29, 0.717) is 12.6 Å². The van der Waals surface area contributed by atoms with E-state index in [4.69, 9.17) is 4.74 Å². The van der Waals surface area contributed by atoms with Gasteiger partial charge in [-0.15, -0.1) is 0 Å². The Balaban J connectivity index is 1.60. The van der Waals surface area contributed by atoms with Crippen LogP contribution < -0.4 is 16.0 Å². The molecular formula is C18H27N3O2. The highest BCUT2D eigenvalue weighted by Crippen LogP contribution is 2.25. The Labute approximate surface area is 138 Å². The normalized spacial score (nSPS) is 21.4. The van der Waals surface area contributed by atoms with Gasteiger partial charge in [0.05, 0.1) is 0 Å². The third-order valence-corrected chi connectivity index (χ3v) is 4.77. The lowest BCUT2D eigenvalue weighted by atomic mass is 9.88. The lowest BCUT2D eigenvalue weighted by Gasteiger charge is -2.40. The standard InChI is InChI=1S/C18H27N3O2/c1-14(15-5-3-2-4-6-15)21-18(9-11-23-12-10-18)13-19-17(22)20-16-7-8-16/h2-6,14,16,21H,7-13H2,1H3,(H2,19,20,22)/t14-/m0/s1. The molecule has 5 heteroatoms. The molecule has 126 valence electrons. The molecule has 1 aromatic carbocycles. The highest BCUT2D eigenvalue weighted by Gasteiger charge is 2.34. The molecule has 2 fully saturated rings. The Bertz CT molecular complexity index is 510. The van der Waals surface area contributed by atoms with Crippen molar-refractivity contribution < 1.29 is 9.53 Å². The van der Waals surface area contributed by atoms with E-state index >= 15 is 0 Å². The van der Waals surface area contributed by atoms with Gasteiger partial charge in [0.1, 0.15) is 0 Å². The smallest absolute Gasteiger partial charge is 0.315 e. The minimum atomic E-state index is -0.103. The Morgan fingerprint density at radius 1 is 1.26 bits per heavy atom. The van der Waals surface area contributed by atoms with Gasteiger partial charge in [0, 0.05) is 37.4 Å². The van der Waals surface area contributed by atoms with Crippen molar-refractivity contribution in [3.05, 3.63) is 35.9 Å². The van der Waals surface area contributed by atoms with Crippen molar-refractivity contribution in [2.24, 2.45) is 0 Å². The summed E-state index contributed by atoms with van der Waals surface area (Å²) in [6, 6.07) is 11.0. The van der Waals surface area contributed by atoms with Crippen molar-refractivity contribution in [3.8, 4) is 0 Å². The number of urea groups is 1. The number of nitrogens with one attached hydrogen (secondary N) is 3. The number of ether oxygens (including phenoxy) is 1. The van der Waals surface area contributed by atoms with Gasteiger partial charge in [0.25, 0.3) is 0 Å². The maximum Gasteiger partial charge on any atom is 0.315 e. The van der Waals surface area contributed by atoms with Gasteiger partial charge >= 0.3 is 6.03 Å². The lowest BCUT2D eigenvalue weighted by molar-refractivity contribution is 0.0347. The van der Waals surface area contributed by atoms with E-state index in [-0.39, 0.29) is 17.6 Å². The van der Waals surface area contributed by atoms with E-state index in [9.17, 15) is 4.79 Å². The molecule has 23 heavy (non-hydrogen) atoms. The topological polar surface area (TPSA) is 62.4 Å². The summed E-state index contributed by atoms with van der Waals surface area (Å²) in [6.07, 6.45) is 4.03. The Morgan fingerprint density at radius 2 is 1.96 bits per heavy atom. The molecule has 2 amide bonds. The molecule has 1 atom stereocenters. The molecule has 0 bridgehead atoms. The number of hydrogen-bond acceptors (Lipinski definition) is 3. The van der Waals surface area contributed by atoms with Crippen molar-refractivity contribution in [1.29, 1.82) is 0 Å². The SMILES string of the molecule is C[C@H](NC1(CNC(=O)NC2CC2)CCOCC1)c1ccccc1. The Kier molecular flexibility index (Phi) is 5.18. The summed E-state index contributed by atoms with van der Waals surface area (Å²) < 4.78 is 5.53. The largest absolute Gasteiger partial charge is 0.381 e. The van der Waals surface area contributed by atoms with Crippen LogP contribution in [-0.2, 0) is 4.74 Å². The fraction of sp³-hybridized carbons (Fsp3) is 0.611. The number of amides is 2.